The van der Waals surface area contributed by atoms with Crippen molar-refractivity contribution in [3.8, 4) is 17.6 Å². The molecule has 0 N–H and O–H groups in total. The van der Waals surface area contributed by atoms with Gasteiger partial charge in [-0.1, -0.05) is 18.6 Å². The van der Waals surface area contributed by atoms with Crippen molar-refractivity contribution in [3.63, 3.8) is 0 Å². The molecule has 0 radical (unpaired) electrons. The molecule has 0 heterocycles. The number of esters is 2. The van der Waals surface area contributed by atoms with Crippen molar-refractivity contribution in [2.75, 3.05) is 0 Å². The number of hydrogen-bond donors (Lipinski definition) is 0. The van der Waals surface area contributed by atoms with Gasteiger partial charge in [-0.15, -0.1) is 0 Å². The molecule has 0 amide bonds. The molecule has 164 valence electrons. The van der Waals surface area contributed by atoms with Crippen molar-refractivity contribution < 1.29 is 32.2 Å². The normalized spacial score (nSPS) is 10.6. The molecular weight excluding hydrogens is 423 g/mol. The van der Waals surface area contributed by atoms with Crippen molar-refractivity contribution in [2.24, 2.45) is 0 Å². The molecule has 0 aliphatic carbocycles. The molecular formula is C24H18F3NO4. The Bertz CT molecular complexity index is 1180. The number of carbonyl (C=O) groups is 2. The first-order chi connectivity index (χ1) is 15.4. The number of benzene rings is 3. The van der Waals surface area contributed by atoms with Gasteiger partial charge in [-0.3, -0.25) is 9.59 Å². The van der Waals surface area contributed by atoms with Gasteiger partial charge in [-0.05, 0) is 47.9 Å². The third kappa shape index (κ3) is 6.08. The maximum Gasteiger partial charge on any atom is 0.311 e. The van der Waals surface area contributed by atoms with Crippen LogP contribution >= 0.6 is 0 Å². The highest BCUT2D eigenvalue weighted by molar-refractivity contribution is 5.86. The summed E-state index contributed by atoms with van der Waals surface area (Å²) in [6.07, 6.45) is 1.53. The monoisotopic (exact) mass is 441 g/mol. The minimum Gasteiger partial charge on any atom is -0.427 e. The number of fused-ring (bicyclic) bond motifs is 1. The highest BCUT2D eigenvalue weighted by atomic mass is 19.2. The Morgan fingerprint density at radius 2 is 1.31 bits per heavy atom. The van der Waals surface area contributed by atoms with Gasteiger partial charge in [-0.25, -0.2) is 13.2 Å². The standard InChI is InChI=1S/C24H18F3NO4/c25-20-12-19(13-21(26)24(20)27)32-23(30)5-3-1-2-4-22(29)31-18-9-8-16-10-15(14-28)6-7-17(16)11-18/h6-13H,1-5H2. The highest BCUT2D eigenvalue weighted by Crippen LogP contribution is 2.23. The second kappa shape index (κ2) is 10.4. The summed E-state index contributed by atoms with van der Waals surface area (Å²) in [5.41, 5.74) is 0.545. The highest BCUT2D eigenvalue weighted by Gasteiger charge is 2.14. The number of nitriles is 1. The van der Waals surface area contributed by atoms with Gasteiger partial charge in [0.25, 0.3) is 0 Å². The Hall–Kier alpha value is -3.86. The quantitative estimate of drug-likeness (QED) is 0.197. The zero-order valence-corrected chi connectivity index (χ0v) is 16.9. The van der Waals surface area contributed by atoms with E-state index >= 15 is 0 Å². The summed E-state index contributed by atoms with van der Waals surface area (Å²) in [5, 5.41) is 10.6. The molecule has 0 saturated heterocycles. The molecule has 3 rings (SSSR count). The van der Waals surface area contributed by atoms with Crippen LogP contribution in [0, 0.1) is 28.8 Å². The second-order valence-corrected chi connectivity index (χ2v) is 7.05. The van der Waals surface area contributed by atoms with E-state index in [4.69, 9.17) is 14.7 Å². The van der Waals surface area contributed by atoms with Crippen LogP contribution in [0.25, 0.3) is 10.8 Å². The number of rotatable bonds is 8. The van der Waals surface area contributed by atoms with Crippen LogP contribution in [0.5, 0.6) is 11.5 Å². The molecule has 3 aromatic carbocycles. The predicted molar refractivity (Wildman–Crippen MR) is 109 cm³/mol. The summed E-state index contributed by atoms with van der Waals surface area (Å²) in [4.78, 5) is 23.8. The lowest BCUT2D eigenvalue weighted by atomic mass is 10.1. The van der Waals surface area contributed by atoms with Gasteiger partial charge >= 0.3 is 11.9 Å². The fourth-order valence-electron chi connectivity index (χ4n) is 3.03. The molecule has 0 aliphatic rings. The third-order valence-corrected chi connectivity index (χ3v) is 4.62. The van der Waals surface area contributed by atoms with Gasteiger partial charge in [0, 0.05) is 25.0 Å². The molecule has 32 heavy (non-hydrogen) atoms. The number of nitrogens with zero attached hydrogens (tertiary/aromatic N) is 1. The SMILES string of the molecule is N#Cc1ccc2cc(OC(=O)CCCCCC(=O)Oc3cc(F)c(F)c(F)c3)ccc2c1. The lowest BCUT2D eigenvalue weighted by molar-refractivity contribution is -0.134. The summed E-state index contributed by atoms with van der Waals surface area (Å²) in [7, 11) is 0. The number of halogens is 3. The van der Waals surface area contributed by atoms with Gasteiger partial charge in [0.1, 0.15) is 11.5 Å². The van der Waals surface area contributed by atoms with Gasteiger partial charge in [-0.2, -0.15) is 5.26 Å². The maximum absolute atomic E-state index is 13.1. The Labute approximate surface area is 182 Å². The van der Waals surface area contributed by atoms with Gasteiger partial charge in [0.2, 0.25) is 0 Å². The van der Waals surface area contributed by atoms with Crippen LogP contribution in [-0.4, -0.2) is 11.9 Å². The van der Waals surface area contributed by atoms with E-state index in [1.807, 2.05) is 0 Å². The molecule has 0 unspecified atom stereocenters. The first-order valence-corrected chi connectivity index (χ1v) is 9.85. The predicted octanol–water partition coefficient (Wildman–Crippen LogP) is 5.59. The van der Waals surface area contributed by atoms with E-state index in [2.05, 4.69) is 6.07 Å². The summed E-state index contributed by atoms with van der Waals surface area (Å²) < 4.78 is 49.3. The van der Waals surface area contributed by atoms with Crippen LogP contribution in [0.2, 0.25) is 0 Å². The molecule has 0 bridgehead atoms. The molecule has 8 heteroatoms. The third-order valence-electron chi connectivity index (χ3n) is 4.62. The van der Waals surface area contributed by atoms with E-state index in [1.165, 1.54) is 0 Å². The van der Waals surface area contributed by atoms with Gasteiger partial charge < -0.3 is 9.47 Å². The van der Waals surface area contributed by atoms with E-state index in [-0.39, 0.29) is 12.8 Å². The summed E-state index contributed by atoms with van der Waals surface area (Å²) in [6.45, 7) is 0. The van der Waals surface area contributed by atoms with E-state index in [1.54, 1.807) is 36.4 Å². The van der Waals surface area contributed by atoms with Crippen molar-refractivity contribution >= 4 is 22.7 Å². The molecule has 0 saturated carbocycles. The van der Waals surface area contributed by atoms with E-state index in [9.17, 15) is 22.8 Å². The Morgan fingerprint density at radius 1 is 0.750 bits per heavy atom. The first kappa shape index (κ1) is 22.8. The largest absolute Gasteiger partial charge is 0.427 e. The van der Waals surface area contributed by atoms with E-state index in [0.717, 1.165) is 10.8 Å². The lowest BCUT2D eigenvalue weighted by Crippen LogP contribution is -2.09. The zero-order valence-electron chi connectivity index (χ0n) is 16.9. The minimum atomic E-state index is -1.63. The molecule has 0 aromatic heterocycles. The molecule has 0 aliphatic heterocycles. The first-order valence-electron chi connectivity index (χ1n) is 9.85. The lowest BCUT2D eigenvalue weighted by Gasteiger charge is -2.07. The summed E-state index contributed by atoms with van der Waals surface area (Å²) >= 11 is 0. The Balaban J connectivity index is 1.38. The Morgan fingerprint density at radius 3 is 1.94 bits per heavy atom. The van der Waals surface area contributed by atoms with Crippen molar-refractivity contribution in [1.82, 2.24) is 0 Å². The smallest absolute Gasteiger partial charge is 0.311 e. The summed E-state index contributed by atoms with van der Waals surface area (Å²) in [5.74, 6) is -5.65. The van der Waals surface area contributed by atoms with E-state index < -0.39 is 35.1 Å². The number of unbranched alkanes of at least 4 members (excludes halogenated alkanes) is 2. The average Bonchev–Trinajstić information content (AvgIpc) is 2.76. The molecule has 3 aromatic rings. The van der Waals surface area contributed by atoms with Crippen LogP contribution in [0.1, 0.15) is 37.7 Å². The van der Waals surface area contributed by atoms with Gasteiger partial charge in [0.15, 0.2) is 17.5 Å². The molecule has 0 atom stereocenters. The average molecular weight is 441 g/mol. The molecule has 5 nitrogen and oxygen atoms in total. The van der Waals surface area contributed by atoms with Crippen molar-refractivity contribution in [2.45, 2.75) is 32.1 Å². The topological polar surface area (TPSA) is 76.4 Å². The number of carbonyl (C=O) groups excluding carboxylic acids is 2. The van der Waals surface area contributed by atoms with Crippen LogP contribution in [0.15, 0.2) is 48.5 Å². The van der Waals surface area contributed by atoms with Crippen LogP contribution in [0.4, 0.5) is 13.2 Å². The van der Waals surface area contributed by atoms with E-state index in [0.29, 0.717) is 42.7 Å². The minimum absolute atomic E-state index is 0.0228. The maximum atomic E-state index is 13.1. The molecule has 0 spiro atoms. The fourth-order valence-corrected chi connectivity index (χ4v) is 3.03. The number of hydrogen-bond acceptors (Lipinski definition) is 5. The van der Waals surface area contributed by atoms with Crippen LogP contribution in [0.3, 0.4) is 0 Å². The number of ether oxygens (including phenoxy) is 2. The van der Waals surface area contributed by atoms with Crippen molar-refractivity contribution in [3.05, 3.63) is 71.5 Å². The summed E-state index contributed by atoms with van der Waals surface area (Å²) in [6, 6.07) is 13.6. The fraction of sp³-hybridized carbons (Fsp3) is 0.208. The van der Waals surface area contributed by atoms with Crippen LogP contribution in [-0.2, 0) is 9.59 Å². The zero-order chi connectivity index (χ0) is 23.1. The Kier molecular flexibility index (Phi) is 7.45. The second-order valence-electron chi connectivity index (χ2n) is 7.05. The molecule has 0 fully saturated rings. The van der Waals surface area contributed by atoms with Gasteiger partial charge in [0.05, 0.1) is 11.6 Å². The van der Waals surface area contributed by atoms with Crippen LogP contribution < -0.4 is 9.47 Å². The van der Waals surface area contributed by atoms with Crippen molar-refractivity contribution in [1.29, 1.82) is 5.26 Å².